The Labute approximate surface area is 169 Å². The molecular weight excluding hydrogens is 374 g/mol. The third-order valence-corrected chi connectivity index (χ3v) is 7.08. The Balaban J connectivity index is 1.50. The highest BCUT2D eigenvalue weighted by atomic mass is 32.2. The molecule has 2 N–H and O–H groups in total. The number of likely N-dealkylation sites (tertiary alicyclic amines) is 1. The van der Waals surface area contributed by atoms with Crippen molar-refractivity contribution in [3.63, 3.8) is 0 Å². The van der Waals surface area contributed by atoms with Crippen molar-refractivity contribution < 1.29 is 8.42 Å². The third kappa shape index (κ3) is 5.46. The lowest BCUT2D eigenvalue weighted by molar-refractivity contribution is 0.258. The van der Waals surface area contributed by atoms with Gasteiger partial charge in [0.05, 0.1) is 6.26 Å². The molecule has 0 aliphatic carbocycles. The van der Waals surface area contributed by atoms with Crippen molar-refractivity contribution in [2.75, 3.05) is 32.9 Å². The van der Waals surface area contributed by atoms with E-state index >= 15 is 0 Å². The minimum Gasteiger partial charge on any atom is -0.355 e. The lowest BCUT2D eigenvalue weighted by Crippen LogP contribution is -2.49. The van der Waals surface area contributed by atoms with Gasteiger partial charge in [0.25, 0.3) is 0 Å². The van der Waals surface area contributed by atoms with Gasteiger partial charge in [0.2, 0.25) is 10.0 Å². The zero-order valence-electron chi connectivity index (χ0n) is 17.1. The van der Waals surface area contributed by atoms with Gasteiger partial charge in [0, 0.05) is 51.4 Å². The summed E-state index contributed by atoms with van der Waals surface area (Å²) in [4.78, 5) is 6.83. The second-order valence-electron chi connectivity index (χ2n) is 7.96. The summed E-state index contributed by atoms with van der Waals surface area (Å²) < 4.78 is 25.4. The molecule has 2 saturated heterocycles. The van der Waals surface area contributed by atoms with Crippen LogP contribution in [0.25, 0.3) is 0 Å². The highest BCUT2D eigenvalue weighted by Crippen LogP contribution is 2.21. The zero-order valence-corrected chi connectivity index (χ0v) is 18.0. The minimum absolute atomic E-state index is 0.00521. The Morgan fingerprint density at radius 3 is 2.71 bits per heavy atom. The summed E-state index contributed by atoms with van der Waals surface area (Å²) in [6.45, 7) is 5.39. The van der Waals surface area contributed by atoms with Crippen LogP contribution in [0.1, 0.15) is 31.7 Å². The average molecular weight is 408 g/mol. The van der Waals surface area contributed by atoms with E-state index in [2.05, 4.69) is 51.7 Å². The molecule has 2 aliphatic rings. The van der Waals surface area contributed by atoms with Gasteiger partial charge in [0.15, 0.2) is 5.96 Å². The fraction of sp³-hybridized carbons (Fsp3) is 0.650. The number of hydrogen-bond acceptors (Lipinski definition) is 4. The maximum absolute atomic E-state index is 11.9. The van der Waals surface area contributed by atoms with Crippen molar-refractivity contribution in [3.8, 4) is 0 Å². The summed E-state index contributed by atoms with van der Waals surface area (Å²) in [5.74, 6) is 0.749. The molecule has 2 heterocycles. The van der Waals surface area contributed by atoms with Gasteiger partial charge < -0.3 is 10.6 Å². The molecule has 0 amide bonds. The van der Waals surface area contributed by atoms with Gasteiger partial charge >= 0.3 is 0 Å². The fourth-order valence-corrected chi connectivity index (χ4v) is 5.48. The largest absolute Gasteiger partial charge is 0.355 e. The molecule has 7 nitrogen and oxygen atoms in total. The summed E-state index contributed by atoms with van der Waals surface area (Å²) >= 11 is 0. The second kappa shape index (κ2) is 9.24. The molecule has 28 heavy (non-hydrogen) atoms. The van der Waals surface area contributed by atoms with Crippen molar-refractivity contribution in [2.24, 2.45) is 4.99 Å². The Morgan fingerprint density at radius 1 is 1.29 bits per heavy atom. The fourth-order valence-electron chi connectivity index (χ4n) is 4.29. The van der Waals surface area contributed by atoms with Gasteiger partial charge in [0.1, 0.15) is 0 Å². The van der Waals surface area contributed by atoms with Crippen molar-refractivity contribution in [1.29, 1.82) is 0 Å². The smallest absolute Gasteiger partial charge is 0.211 e. The molecule has 1 aromatic rings. The van der Waals surface area contributed by atoms with E-state index in [1.807, 2.05) is 6.07 Å². The summed E-state index contributed by atoms with van der Waals surface area (Å²) in [6, 6.07) is 11.4. The van der Waals surface area contributed by atoms with Crippen LogP contribution >= 0.6 is 0 Å². The number of hydrogen-bond donors (Lipinski definition) is 2. The van der Waals surface area contributed by atoms with Crippen LogP contribution in [-0.4, -0.2) is 74.6 Å². The number of nitrogens with one attached hydrogen (secondary N) is 2. The van der Waals surface area contributed by atoms with Crippen molar-refractivity contribution in [2.45, 2.75) is 50.9 Å². The summed E-state index contributed by atoms with van der Waals surface area (Å²) in [5, 5.41) is 6.85. The molecule has 3 atom stereocenters. The molecule has 3 rings (SSSR count). The summed E-state index contributed by atoms with van der Waals surface area (Å²) in [5.41, 5.74) is 1.33. The van der Waals surface area contributed by atoms with Crippen molar-refractivity contribution in [1.82, 2.24) is 19.8 Å². The Bertz CT molecular complexity index is 768. The first-order valence-corrected chi connectivity index (χ1v) is 11.9. The van der Waals surface area contributed by atoms with Gasteiger partial charge in [-0.15, -0.1) is 0 Å². The van der Waals surface area contributed by atoms with E-state index < -0.39 is 10.0 Å². The van der Waals surface area contributed by atoms with Gasteiger partial charge in [-0.1, -0.05) is 30.3 Å². The van der Waals surface area contributed by atoms with E-state index in [0.29, 0.717) is 25.2 Å². The van der Waals surface area contributed by atoms with Gasteiger partial charge in [-0.2, -0.15) is 4.31 Å². The van der Waals surface area contributed by atoms with Crippen LogP contribution in [-0.2, 0) is 16.6 Å². The third-order valence-electron chi connectivity index (χ3n) is 5.75. The monoisotopic (exact) mass is 407 g/mol. The maximum atomic E-state index is 11.9. The quantitative estimate of drug-likeness (QED) is 0.548. The maximum Gasteiger partial charge on any atom is 0.211 e. The predicted molar refractivity (Wildman–Crippen MR) is 114 cm³/mol. The number of aliphatic imine (C=N–C) groups is 1. The minimum atomic E-state index is -3.15. The Kier molecular flexibility index (Phi) is 6.95. The summed E-state index contributed by atoms with van der Waals surface area (Å²) in [7, 11) is -1.38. The van der Waals surface area contributed by atoms with Gasteiger partial charge in [-0.25, -0.2) is 8.42 Å². The molecule has 0 saturated carbocycles. The lowest BCUT2D eigenvalue weighted by atomic mass is 10.2. The zero-order chi connectivity index (χ0) is 20.1. The van der Waals surface area contributed by atoms with Crippen molar-refractivity contribution in [3.05, 3.63) is 35.9 Å². The molecule has 0 radical (unpaired) electrons. The molecule has 2 aliphatic heterocycles. The van der Waals surface area contributed by atoms with Crippen LogP contribution in [0.15, 0.2) is 35.3 Å². The van der Waals surface area contributed by atoms with Crippen LogP contribution in [0.5, 0.6) is 0 Å². The molecule has 2 fully saturated rings. The van der Waals surface area contributed by atoms with E-state index in [1.54, 1.807) is 11.4 Å². The first-order valence-electron chi connectivity index (χ1n) is 10.1. The standard InChI is InChI=1S/C20H33N5O2S/c1-16-12-18(15-24(16)14-17-8-5-4-6-9-17)23-20(21-2)22-13-19-10-7-11-25(19)28(3,26)27/h4-6,8-9,16,18-19H,7,10-15H2,1-3H3,(H2,21,22,23)/t16?,18?,19-/m1/s1. The van der Waals surface area contributed by atoms with Gasteiger partial charge in [-0.3, -0.25) is 9.89 Å². The first-order chi connectivity index (χ1) is 13.4. The lowest BCUT2D eigenvalue weighted by Gasteiger charge is -2.24. The molecule has 0 spiro atoms. The highest BCUT2D eigenvalue weighted by molar-refractivity contribution is 7.88. The molecule has 8 heteroatoms. The SMILES string of the molecule is CN=C(NC[C@H]1CCCN1S(C)(=O)=O)NC1CC(C)N(Cc2ccccc2)C1. The Hall–Kier alpha value is -1.64. The molecule has 0 bridgehead atoms. The van der Waals surface area contributed by atoms with E-state index in [-0.39, 0.29) is 6.04 Å². The highest BCUT2D eigenvalue weighted by Gasteiger charge is 2.32. The van der Waals surface area contributed by atoms with Gasteiger partial charge in [-0.05, 0) is 31.7 Å². The normalized spacial score (nSPS) is 27.2. The second-order valence-corrected chi connectivity index (χ2v) is 9.90. The first kappa shape index (κ1) is 21.1. The molecular formula is C20H33N5O2S. The van der Waals surface area contributed by atoms with Crippen LogP contribution in [0, 0.1) is 0 Å². The predicted octanol–water partition coefficient (Wildman–Crippen LogP) is 1.24. The number of nitrogens with zero attached hydrogens (tertiary/aromatic N) is 3. The summed E-state index contributed by atoms with van der Waals surface area (Å²) in [6.07, 6.45) is 4.16. The average Bonchev–Trinajstić information content (AvgIpc) is 3.26. The number of sulfonamides is 1. The van der Waals surface area contributed by atoms with E-state index in [4.69, 9.17) is 0 Å². The van der Waals surface area contributed by atoms with Crippen LogP contribution in [0.4, 0.5) is 0 Å². The number of guanidine groups is 1. The molecule has 2 unspecified atom stereocenters. The van der Waals surface area contributed by atoms with E-state index in [0.717, 1.165) is 38.3 Å². The van der Waals surface area contributed by atoms with Crippen molar-refractivity contribution >= 4 is 16.0 Å². The number of rotatable bonds is 6. The number of benzene rings is 1. The molecule has 1 aromatic carbocycles. The van der Waals surface area contributed by atoms with E-state index in [1.165, 1.54) is 11.8 Å². The van der Waals surface area contributed by atoms with Crippen LogP contribution in [0.2, 0.25) is 0 Å². The van der Waals surface area contributed by atoms with E-state index in [9.17, 15) is 8.42 Å². The topological polar surface area (TPSA) is 77.0 Å². The van der Waals surface area contributed by atoms with Crippen LogP contribution in [0.3, 0.4) is 0 Å². The Morgan fingerprint density at radius 2 is 2.04 bits per heavy atom. The molecule has 156 valence electrons. The molecule has 0 aromatic heterocycles. The van der Waals surface area contributed by atoms with Crippen LogP contribution < -0.4 is 10.6 Å².